The fourth-order valence-electron chi connectivity index (χ4n) is 1.51. The zero-order valence-corrected chi connectivity index (χ0v) is 13.7. The smallest absolute Gasteiger partial charge is 0.273 e. The summed E-state index contributed by atoms with van der Waals surface area (Å²) in [5.41, 5.74) is 0.392. The lowest BCUT2D eigenvalue weighted by Gasteiger charge is -1.96. The van der Waals surface area contributed by atoms with E-state index >= 15 is 0 Å². The summed E-state index contributed by atoms with van der Waals surface area (Å²) >= 11 is 10.4. The van der Waals surface area contributed by atoms with E-state index in [9.17, 15) is 4.79 Å². The van der Waals surface area contributed by atoms with Crippen molar-refractivity contribution in [3.63, 3.8) is 0 Å². The van der Waals surface area contributed by atoms with Crippen LogP contribution in [0.4, 0.5) is 5.13 Å². The Morgan fingerprint density at radius 1 is 1.48 bits per heavy atom. The highest BCUT2D eigenvalue weighted by Gasteiger charge is 2.12. The van der Waals surface area contributed by atoms with Gasteiger partial charge in [0.05, 0.1) is 5.02 Å². The van der Waals surface area contributed by atoms with E-state index in [1.54, 1.807) is 35.4 Å². The van der Waals surface area contributed by atoms with Crippen molar-refractivity contribution < 1.29 is 4.79 Å². The summed E-state index contributed by atoms with van der Waals surface area (Å²) in [5, 5.41) is 13.7. The summed E-state index contributed by atoms with van der Waals surface area (Å²) in [4.78, 5) is 16.0. The van der Waals surface area contributed by atoms with Crippen LogP contribution < -0.4 is 5.32 Å². The number of nitrogens with one attached hydrogen (secondary N) is 2. The van der Waals surface area contributed by atoms with Crippen LogP contribution in [0.1, 0.15) is 15.4 Å². The number of halogens is 1. The topological polar surface area (TPSA) is 70.7 Å². The Bertz CT molecular complexity index is 737. The summed E-state index contributed by atoms with van der Waals surface area (Å²) in [6.07, 6.45) is 1.55. The fourth-order valence-corrected chi connectivity index (χ4v) is 4.19. The van der Waals surface area contributed by atoms with Crippen molar-refractivity contribution in [2.45, 2.75) is 10.1 Å². The SMILES string of the molecule is O=C(Nc1nnc(SCc2cccs2)s1)c1cc(Cl)c[nH]1. The van der Waals surface area contributed by atoms with Gasteiger partial charge in [-0.3, -0.25) is 10.1 Å². The zero-order valence-electron chi connectivity index (χ0n) is 10.5. The van der Waals surface area contributed by atoms with Gasteiger partial charge in [0.25, 0.3) is 5.91 Å². The Morgan fingerprint density at radius 3 is 3.10 bits per heavy atom. The number of anilines is 1. The molecule has 21 heavy (non-hydrogen) atoms. The summed E-state index contributed by atoms with van der Waals surface area (Å²) in [5.74, 6) is 0.569. The molecule has 0 aromatic carbocycles. The number of hydrogen-bond acceptors (Lipinski definition) is 6. The lowest BCUT2D eigenvalue weighted by Crippen LogP contribution is -2.11. The largest absolute Gasteiger partial charge is 0.356 e. The van der Waals surface area contributed by atoms with Crippen LogP contribution in [-0.2, 0) is 5.75 Å². The summed E-state index contributed by atoms with van der Waals surface area (Å²) in [6, 6.07) is 5.66. The molecule has 3 rings (SSSR count). The number of carbonyl (C=O) groups is 1. The van der Waals surface area contributed by atoms with Crippen molar-refractivity contribution in [2.75, 3.05) is 5.32 Å². The van der Waals surface area contributed by atoms with Crippen molar-refractivity contribution in [1.82, 2.24) is 15.2 Å². The molecule has 0 aliphatic rings. The second kappa shape index (κ2) is 6.61. The number of amides is 1. The number of thiophene rings is 1. The van der Waals surface area contributed by atoms with Gasteiger partial charge >= 0.3 is 0 Å². The van der Waals surface area contributed by atoms with Gasteiger partial charge in [-0.1, -0.05) is 40.8 Å². The first kappa shape index (κ1) is 14.6. The van der Waals surface area contributed by atoms with Gasteiger partial charge in [0.2, 0.25) is 5.13 Å². The van der Waals surface area contributed by atoms with Crippen LogP contribution in [0.3, 0.4) is 0 Å². The fraction of sp³-hybridized carbons (Fsp3) is 0.0833. The second-order valence-electron chi connectivity index (χ2n) is 3.93. The van der Waals surface area contributed by atoms with E-state index in [4.69, 9.17) is 11.6 Å². The monoisotopic (exact) mass is 356 g/mol. The number of carbonyl (C=O) groups excluding carboxylic acids is 1. The molecular weight excluding hydrogens is 348 g/mol. The van der Waals surface area contributed by atoms with Crippen LogP contribution >= 0.6 is 46.0 Å². The minimum Gasteiger partial charge on any atom is -0.356 e. The van der Waals surface area contributed by atoms with Crippen LogP contribution in [0.2, 0.25) is 5.02 Å². The van der Waals surface area contributed by atoms with E-state index in [-0.39, 0.29) is 5.91 Å². The standard InChI is InChI=1S/C12H9ClN4OS3/c13-7-4-9(14-5-7)10(18)15-11-16-17-12(21-11)20-6-8-2-1-3-19-8/h1-5,14H,6H2,(H,15,16,18). The number of thioether (sulfide) groups is 1. The molecule has 0 atom stereocenters. The van der Waals surface area contributed by atoms with Crippen LogP contribution in [0.25, 0.3) is 0 Å². The molecule has 108 valence electrons. The molecule has 0 saturated heterocycles. The maximum atomic E-state index is 11.9. The Kier molecular flexibility index (Phi) is 4.59. The molecule has 0 radical (unpaired) electrons. The molecule has 3 heterocycles. The first-order valence-corrected chi connectivity index (χ1v) is 8.90. The van der Waals surface area contributed by atoms with Crippen LogP contribution in [0, 0.1) is 0 Å². The van der Waals surface area contributed by atoms with Gasteiger partial charge in [0.1, 0.15) is 5.69 Å². The Hall–Kier alpha value is -1.35. The molecule has 1 amide bonds. The predicted octanol–water partition coefficient (Wildman–Crippen LogP) is 4.13. The molecule has 2 N–H and O–H groups in total. The molecule has 0 spiro atoms. The molecule has 0 fully saturated rings. The lowest BCUT2D eigenvalue weighted by atomic mass is 10.4. The lowest BCUT2D eigenvalue weighted by molar-refractivity contribution is 0.102. The molecule has 0 unspecified atom stereocenters. The highest BCUT2D eigenvalue weighted by atomic mass is 35.5. The summed E-state index contributed by atoms with van der Waals surface area (Å²) in [7, 11) is 0. The van der Waals surface area contributed by atoms with Gasteiger partial charge in [0.15, 0.2) is 4.34 Å². The third kappa shape index (κ3) is 3.85. The molecule has 3 aromatic rings. The van der Waals surface area contributed by atoms with Gasteiger partial charge in [-0.15, -0.1) is 21.5 Å². The van der Waals surface area contributed by atoms with Crippen LogP contribution in [0.5, 0.6) is 0 Å². The number of H-pyrrole nitrogens is 1. The highest BCUT2D eigenvalue weighted by Crippen LogP contribution is 2.29. The van der Waals surface area contributed by atoms with Crippen molar-refractivity contribution in [2.24, 2.45) is 0 Å². The van der Waals surface area contributed by atoms with Gasteiger partial charge in [-0.2, -0.15) is 0 Å². The zero-order chi connectivity index (χ0) is 14.7. The molecule has 3 aromatic heterocycles. The van der Waals surface area contributed by atoms with Gasteiger partial charge in [-0.05, 0) is 17.5 Å². The number of rotatable bonds is 5. The average molecular weight is 357 g/mol. The first-order valence-electron chi connectivity index (χ1n) is 5.84. The Morgan fingerprint density at radius 2 is 2.38 bits per heavy atom. The Labute approximate surface area is 137 Å². The van der Waals surface area contributed by atoms with E-state index in [0.717, 1.165) is 10.1 Å². The number of nitrogens with zero attached hydrogens (tertiary/aromatic N) is 2. The summed E-state index contributed by atoms with van der Waals surface area (Å²) in [6.45, 7) is 0. The van der Waals surface area contributed by atoms with Crippen molar-refractivity contribution in [1.29, 1.82) is 0 Å². The number of aromatic amines is 1. The molecule has 5 nitrogen and oxygen atoms in total. The minimum atomic E-state index is -0.284. The van der Waals surface area contributed by atoms with E-state index in [2.05, 4.69) is 26.6 Å². The van der Waals surface area contributed by atoms with E-state index in [1.165, 1.54) is 16.2 Å². The second-order valence-corrected chi connectivity index (χ2v) is 7.60. The van der Waals surface area contributed by atoms with Gasteiger partial charge in [-0.25, -0.2) is 0 Å². The maximum absolute atomic E-state index is 11.9. The number of aromatic nitrogens is 3. The summed E-state index contributed by atoms with van der Waals surface area (Å²) < 4.78 is 0.822. The van der Waals surface area contributed by atoms with Crippen molar-refractivity contribution >= 4 is 57.1 Å². The van der Waals surface area contributed by atoms with Crippen molar-refractivity contribution in [3.05, 3.63) is 45.4 Å². The highest BCUT2D eigenvalue weighted by molar-refractivity contribution is 8.00. The van der Waals surface area contributed by atoms with Crippen LogP contribution in [-0.4, -0.2) is 21.1 Å². The predicted molar refractivity (Wildman–Crippen MR) is 87.5 cm³/mol. The minimum absolute atomic E-state index is 0.284. The molecule has 9 heteroatoms. The maximum Gasteiger partial charge on any atom is 0.273 e. The normalized spacial score (nSPS) is 10.7. The van der Waals surface area contributed by atoms with E-state index < -0.39 is 0 Å². The first-order chi connectivity index (χ1) is 10.2. The third-order valence-electron chi connectivity index (χ3n) is 2.44. The quantitative estimate of drug-likeness (QED) is 0.532. The molecule has 0 aliphatic carbocycles. The van der Waals surface area contributed by atoms with Gasteiger partial charge < -0.3 is 4.98 Å². The third-order valence-corrected chi connectivity index (χ3v) is 5.74. The van der Waals surface area contributed by atoms with E-state index in [1.807, 2.05) is 11.4 Å². The van der Waals surface area contributed by atoms with Crippen LogP contribution in [0.15, 0.2) is 34.1 Å². The Balaban J connectivity index is 1.58. The average Bonchev–Trinajstić information content (AvgIpc) is 3.17. The molecule has 0 aliphatic heterocycles. The van der Waals surface area contributed by atoms with Gasteiger partial charge in [0, 0.05) is 16.8 Å². The van der Waals surface area contributed by atoms with E-state index in [0.29, 0.717) is 15.8 Å². The number of hydrogen-bond donors (Lipinski definition) is 2. The molecule has 0 bridgehead atoms. The van der Waals surface area contributed by atoms with Crippen molar-refractivity contribution in [3.8, 4) is 0 Å². The molecule has 0 saturated carbocycles. The molecular formula is C12H9ClN4OS3.